The molecule has 0 spiro atoms. The summed E-state index contributed by atoms with van der Waals surface area (Å²) in [5.74, 6) is 0. The van der Waals surface area contributed by atoms with E-state index in [0.717, 1.165) is 4.90 Å². The van der Waals surface area contributed by atoms with E-state index in [1.165, 1.54) is 37.9 Å². The lowest BCUT2D eigenvalue weighted by Crippen LogP contribution is -1.80. The Morgan fingerprint density at radius 1 is 1.05 bits per heavy atom. The van der Waals surface area contributed by atoms with Crippen LogP contribution in [-0.2, 0) is 0 Å². The van der Waals surface area contributed by atoms with Crippen molar-refractivity contribution >= 4 is 33.2 Å². The first-order chi connectivity index (χ1) is 9.31. The van der Waals surface area contributed by atoms with Crippen LogP contribution in [0.5, 0.6) is 0 Å². The summed E-state index contributed by atoms with van der Waals surface area (Å²) in [4.78, 5) is 2.28. The number of fused-ring (bicyclic) bond motifs is 1. The minimum Gasteiger partial charge on any atom is -0.185 e. The average Bonchev–Trinajstić information content (AvgIpc) is 2.79. The highest BCUT2D eigenvalue weighted by atomic mass is 32.2. The van der Waals surface area contributed by atoms with Gasteiger partial charge in [0.2, 0.25) is 0 Å². The molecule has 2 aromatic carbocycles. The predicted molar refractivity (Wildman–Crippen MR) is 83.5 cm³/mol. The van der Waals surface area contributed by atoms with E-state index in [4.69, 9.17) is 5.26 Å². The summed E-state index contributed by atoms with van der Waals surface area (Å²) in [6.07, 6.45) is 0. The molecule has 3 heteroatoms. The number of hydrogen-bond acceptors (Lipinski definition) is 3. The van der Waals surface area contributed by atoms with Gasteiger partial charge in [0, 0.05) is 15.0 Å². The molecule has 1 nitrogen and oxygen atoms in total. The summed E-state index contributed by atoms with van der Waals surface area (Å²) in [5, 5.41) is 12.4. The van der Waals surface area contributed by atoms with Crippen LogP contribution in [0.25, 0.3) is 20.5 Å². The first kappa shape index (κ1) is 12.3. The molecular weight excluding hydrogens is 270 g/mol. The monoisotopic (exact) mass is 281 g/mol. The molecule has 92 valence electrons. The molecule has 0 aliphatic rings. The first-order valence-corrected chi connectivity index (χ1v) is 7.58. The summed E-state index contributed by atoms with van der Waals surface area (Å²) in [6.45, 7) is 2.11. The molecule has 0 radical (unpaired) electrons. The topological polar surface area (TPSA) is 23.8 Å². The number of thioether (sulfide) groups is 1. The Morgan fingerprint density at radius 2 is 1.79 bits per heavy atom. The summed E-state index contributed by atoms with van der Waals surface area (Å²) in [5.41, 5.74) is 2.47. The smallest absolute Gasteiger partial charge is 0.138 e. The molecule has 0 saturated carbocycles. The predicted octanol–water partition coefficient (Wildman–Crippen LogP) is 5.45. The molecule has 0 fully saturated rings. The van der Waals surface area contributed by atoms with Crippen molar-refractivity contribution in [3.05, 3.63) is 54.1 Å². The number of thiophene rings is 1. The van der Waals surface area contributed by atoms with Crippen molar-refractivity contribution in [2.75, 3.05) is 0 Å². The van der Waals surface area contributed by atoms with Crippen LogP contribution in [0.1, 0.15) is 5.56 Å². The molecule has 3 aromatic rings. The SMILES string of the molecule is Cc1ccccc1-c1sc2ccccc2c1SC#N. The third-order valence-electron chi connectivity index (χ3n) is 3.09. The van der Waals surface area contributed by atoms with Crippen molar-refractivity contribution < 1.29 is 0 Å². The fourth-order valence-corrected chi connectivity index (χ4v) is 4.26. The third-order valence-corrected chi connectivity index (χ3v) is 5.14. The van der Waals surface area contributed by atoms with Gasteiger partial charge in [0.25, 0.3) is 0 Å². The van der Waals surface area contributed by atoms with Crippen molar-refractivity contribution in [1.82, 2.24) is 0 Å². The zero-order valence-corrected chi connectivity index (χ0v) is 12.0. The van der Waals surface area contributed by atoms with Gasteiger partial charge in [0.05, 0.1) is 4.88 Å². The van der Waals surface area contributed by atoms with Gasteiger partial charge in [-0.1, -0.05) is 42.5 Å². The lowest BCUT2D eigenvalue weighted by Gasteiger charge is -2.04. The maximum atomic E-state index is 9.06. The molecule has 0 amide bonds. The highest BCUT2D eigenvalue weighted by molar-refractivity contribution is 8.04. The van der Waals surface area contributed by atoms with Crippen LogP contribution in [0.15, 0.2) is 53.4 Å². The minimum atomic E-state index is 1.08. The van der Waals surface area contributed by atoms with Gasteiger partial charge in [-0.2, -0.15) is 5.26 Å². The standard InChI is InChI=1S/C16H11NS2/c1-11-6-2-3-7-12(11)16-15(18-10-17)13-8-4-5-9-14(13)19-16/h2-9H,1H3. The largest absolute Gasteiger partial charge is 0.185 e. The van der Waals surface area contributed by atoms with E-state index >= 15 is 0 Å². The Labute approximate surface area is 120 Å². The number of nitrogens with zero attached hydrogens (tertiary/aromatic N) is 1. The van der Waals surface area contributed by atoms with Gasteiger partial charge in [0.15, 0.2) is 0 Å². The van der Waals surface area contributed by atoms with Crippen LogP contribution in [0.4, 0.5) is 0 Å². The average molecular weight is 281 g/mol. The van der Waals surface area contributed by atoms with Crippen LogP contribution in [0, 0.1) is 17.6 Å². The Morgan fingerprint density at radius 3 is 2.58 bits per heavy atom. The molecule has 0 atom stereocenters. The summed E-state index contributed by atoms with van der Waals surface area (Å²) in [7, 11) is 0. The fraction of sp³-hybridized carbons (Fsp3) is 0.0625. The zero-order valence-electron chi connectivity index (χ0n) is 10.4. The number of nitriles is 1. The number of aryl methyl sites for hydroxylation is 1. The van der Waals surface area contributed by atoms with E-state index in [2.05, 4.69) is 36.6 Å². The summed E-state index contributed by atoms with van der Waals surface area (Å²) >= 11 is 3.02. The number of thiocyanates is 1. The number of benzene rings is 2. The molecule has 1 aromatic heterocycles. The van der Waals surface area contributed by atoms with Gasteiger partial charge in [0.1, 0.15) is 5.40 Å². The van der Waals surface area contributed by atoms with E-state index in [1.807, 2.05) is 24.3 Å². The number of hydrogen-bond donors (Lipinski definition) is 0. The second-order valence-electron chi connectivity index (χ2n) is 4.26. The van der Waals surface area contributed by atoms with Gasteiger partial charge in [-0.25, -0.2) is 0 Å². The third kappa shape index (κ3) is 2.14. The normalized spacial score (nSPS) is 10.5. The van der Waals surface area contributed by atoms with E-state index < -0.39 is 0 Å². The summed E-state index contributed by atoms with van der Waals surface area (Å²) < 4.78 is 1.23. The van der Waals surface area contributed by atoms with E-state index in [-0.39, 0.29) is 0 Å². The molecule has 19 heavy (non-hydrogen) atoms. The Bertz CT molecular complexity index is 781. The van der Waals surface area contributed by atoms with Crippen LogP contribution >= 0.6 is 23.1 Å². The van der Waals surface area contributed by atoms with E-state index in [1.54, 1.807) is 11.3 Å². The van der Waals surface area contributed by atoms with E-state index in [9.17, 15) is 0 Å². The Hall–Kier alpha value is -1.76. The lowest BCUT2D eigenvalue weighted by molar-refractivity contribution is 1.46. The van der Waals surface area contributed by atoms with Gasteiger partial charge >= 0.3 is 0 Å². The number of rotatable bonds is 2. The molecule has 0 unspecified atom stereocenters. The van der Waals surface area contributed by atoms with Gasteiger partial charge in [-0.15, -0.1) is 11.3 Å². The summed E-state index contributed by atoms with van der Waals surface area (Å²) in [6, 6.07) is 16.6. The quantitative estimate of drug-likeness (QED) is 0.460. The first-order valence-electron chi connectivity index (χ1n) is 5.94. The van der Waals surface area contributed by atoms with Crippen LogP contribution < -0.4 is 0 Å². The Kier molecular flexibility index (Phi) is 3.29. The molecule has 0 aliphatic carbocycles. The Balaban J connectivity index is 2.32. The highest BCUT2D eigenvalue weighted by Gasteiger charge is 2.15. The van der Waals surface area contributed by atoms with Gasteiger partial charge < -0.3 is 0 Å². The molecule has 0 bridgehead atoms. The van der Waals surface area contributed by atoms with Gasteiger partial charge in [-0.05, 0) is 35.9 Å². The molecule has 0 N–H and O–H groups in total. The molecule has 0 saturated heterocycles. The molecule has 1 heterocycles. The van der Waals surface area contributed by atoms with Crippen LogP contribution in [-0.4, -0.2) is 0 Å². The second kappa shape index (κ2) is 5.08. The van der Waals surface area contributed by atoms with Crippen molar-refractivity contribution in [1.29, 1.82) is 5.26 Å². The second-order valence-corrected chi connectivity index (χ2v) is 6.11. The van der Waals surface area contributed by atoms with E-state index in [0.29, 0.717) is 0 Å². The van der Waals surface area contributed by atoms with Crippen LogP contribution in [0.2, 0.25) is 0 Å². The maximum absolute atomic E-state index is 9.06. The maximum Gasteiger partial charge on any atom is 0.138 e. The molecule has 0 aliphatic heterocycles. The lowest BCUT2D eigenvalue weighted by atomic mass is 10.1. The molecular formula is C16H11NS2. The van der Waals surface area contributed by atoms with Crippen molar-refractivity contribution in [2.24, 2.45) is 0 Å². The zero-order chi connectivity index (χ0) is 13.2. The molecule has 3 rings (SSSR count). The highest BCUT2D eigenvalue weighted by Crippen LogP contribution is 2.44. The van der Waals surface area contributed by atoms with Crippen molar-refractivity contribution in [3.8, 4) is 15.8 Å². The minimum absolute atomic E-state index is 1.08. The van der Waals surface area contributed by atoms with Crippen molar-refractivity contribution in [2.45, 2.75) is 11.8 Å². The van der Waals surface area contributed by atoms with Gasteiger partial charge in [-0.3, -0.25) is 0 Å². The fourth-order valence-electron chi connectivity index (χ4n) is 2.17. The van der Waals surface area contributed by atoms with Crippen LogP contribution in [0.3, 0.4) is 0 Å². The van der Waals surface area contributed by atoms with Crippen molar-refractivity contribution in [3.63, 3.8) is 0 Å².